The molecule has 0 amide bonds. The third-order valence-corrected chi connectivity index (χ3v) is 2.87. The van der Waals surface area contributed by atoms with Crippen LogP contribution in [0.2, 0.25) is 10.0 Å². The Morgan fingerprint density at radius 2 is 2.00 bits per heavy atom. The van der Waals surface area contributed by atoms with Crippen LogP contribution in [0, 0.1) is 0 Å². The predicted molar refractivity (Wildman–Crippen MR) is 60.3 cm³/mol. The standard InChI is InChI=1S/C9H9Cl2NO.ClH/c10-5-1-4-2-7(12)9(13)8(4)6(11)3-5;/h1,3,7,9,13H,2,12H2;1H. The first kappa shape index (κ1) is 12.1. The number of nitrogens with two attached hydrogens (primary N) is 1. The lowest BCUT2D eigenvalue weighted by Gasteiger charge is -2.09. The zero-order chi connectivity index (χ0) is 9.59. The molecule has 2 atom stereocenters. The predicted octanol–water partition coefficient (Wildman–Crippen LogP) is 2.33. The van der Waals surface area contributed by atoms with Crippen LogP contribution in [0.25, 0.3) is 0 Å². The molecule has 0 saturated carbocycles. The summed E-state index contributed by atoms with van der Waals surface area (Å²) in [5.74, 6) is 0. The summed E-state index contributed by atoms with van der Waals surface area (Å²) < 4.78 is 0. The van der Waals surface area contributed by atoms with Crippen LogP contribution in [0.3, 0.4) is 0 Å². The summed E-state index contributed by atoms with van der Waals surface area (Å²) in [7, 11) is 0. The molecule has 0 bridgehead atoms. The van der Waals surface area contributed by atoms with Crippen molar-refractivity contribution < 1.29 is 5.11 Å². The van der Waals surface area contributed by atoms with Crippen molar-refractivity contribution in [2.75, 3.05) is 0 Å². The zero-order valence-corrected chi connectivity index (χ0v) is 9.53. The largest absolute Gasteiger partial charge is 0.387 e. The van der Waals surface area contributed by atoms with Gasteiger partial charge in [0.1, 0.15) is 0 Å². The molecule has 78 valence electrons. The van der Waals surface area contributed by atoms with Crippen LogP contribution >= 0.6 is 35.6 Å². The molecule has 1 aliphatic carbocycles. The van der Waals surface area contributed by atoms with Gasteiger partial charge in [0.25, 0.3) is 0 Å². The monoisotopic (exact) mass is 253 g/mol. The Kier molecular flexibility index (Phi) is 3.67. The van der Waals surface area contributed by atoms with E-state index in [9.17, 15) is 5.11 Å². The van der Waals surface area contributed by atoms with E-state index in [0.29, 0.717) is 16.5 Å². The minimum Gasteiger partial charge on any atom is -0.387 e. The van der Waals surface area contributed by atoms with Crippen molar-refractivity contribution in [1.82, 2.24) is 0 Å². The van der Waals surface area contributed by atoms with E-state index >= 15 is 0 Å². The summed E-state index contributed by atoms with van der Waals surface area (Å²) in [6.07, 6.45) is -0.0173. The van der Waals surface area contributed by atoms with Crippen LogP contribution in [0.4, 0.5) is 0 Å². The zero-order valence-electron chi connectivity index (χ0n) is 7.21. The Morgan fingerprint density at radius 3 is 2.64 bits per heavy atom. The van der Waals surface area contributed by atoms with E-state index in [2.05, 4.69) is 0 Å². The van der Waals surface area contributed by atoms with Gasteiger partial charge in [-0.25, -0.2) is 0 Å². The van der Waals surface area contributed by atoms with Gasteiger partial charge in [-0.05, 0) is 24.1 Å². The molecule has 0 aromatic heterocycles. The van der Waals surface area contributed by atoms with Crippen molar-refractivity contribution in [3.05, 3.63) is 33.3 Å². The minimum absolute atomic E-state index is 0. The smallest absolute Gasteiger partial charge is 0.0961 e. The number of halogens is 3. The molecule has 2 rings (SSSR count). The van der Waals surface area contributed by atoms with Gasteiger partial charge in [-0.2, -0.15) is 0 Å². The quantitative estimate of drug-likeness (QED) is 0.746. The molecule has 1 aliphatic rings. The molecule has 3 N–H and O–H groups in total. The summed E-state index contributed by atoms with van der Waals surface area (Å²) in [5, 5.41) is 10.8. The molecule has 5 heteroatoms. The number of hydrogen-bond donors (Lipinski definition) is 2. The van der Waals surface area contributed by atoms with Gasteiger partial charge in [-0.15, -0.1) is 12.4 Å². The van der Waals surface area contributed by atoms with Gasteiger partial charge < -0.3 is 10.8 Å². The number of aliphatic hydroxyl groups excluding tert-OH is 1. The lowest BCUT2D eigenvalue weighted by atomic mass is 10.1. The van der Waals surface area contributed by atoms with Gasteiger partial charge in [0.2, 0.25) is 0 Å². The summed E-state index contributed by atoms with van der Waals surface area (Å²) in [4.78, 5) is 0. The van der Waals surface area contributed by atoms with E-state index in [1.807, 2.05) is 0 Å². The fraction of sp³-hybridized carbons (Fsp3) is 0.333. The normalized spacial score (nSPS) is 24.3. The summed E-state index contributed by atoms with van der Waals surface area (Å²) >= 11 is 11.8. The third-order valence-electron chi connectivity index (χ3n) is 2.34. The maximum atomic E-state index is 9.67. The fourth-order valence-corrected chi connectivity index (χ4v) is 2.37. The van der Waals surface area contributed by atoms with Crippen molar-refractivity contribution in [2.45, 2.75) is 18.6 Å². The molecule has 2 unspecified atom stereocenters. The highest BCUT2D eigenvalue weighted by atomic mass is 35.5. The summed E-state index contributed by atoms with van der Waals surface area (Å²) in [6.45, 7) is 0. The molecule has 2 nitrogen and oxygen atoms in total. The van der Waals surface area contributed by atoms with Gasteiger partial charge in [0.05, 0.1) is 6.10 Å². The molecule has 0 spiro atoms. The highest BCUT2D eigenvalue weighted by Crippen LogP contribution is 2.37. The van der Waals surface area contributed by atoms with Gasteiger partial charge in [-0.3, -0.25) is 0 Å². The van der Waals surface area contributed by atoms with Crippen LogP contribution in [-0.2, 0) is 6.42 Å². The second-order valence-corrected chi connectivity index (χ2v) is 4.12. The first-order chi connectivity index (χ1) is 6.09. The lowest BCUT2D eigenvalue weighted by Crippen LogP contribution is -2.24. The van der Waals surface area contributed by atoms with Gasteiger partial charge in [0.15, 0.2) is 0 Å². The van der Waals surface area contributed by atoms with Gasteiger partial charge in [-0.1, -0.05) is 23.2 Å². The lowest BCUT2D eigenvalue weighted by molar-refractivity contribution is 0.159. The van der Waals surface area contributed by atoms with Crippen LogP contribution < -0.4 is 5.73 Å². The minimum atomic E-state index is -0.653. The van der Waals surface area contributed by atoms with Crippen molar-refractivity contribution in [3.63, 3.8) is 0 Å². The van der Waals surface area contributed by atoms with Crippen LogP contribution in [0.15, 0.2) is 12.1 Å². The molecule has 0 saturated heterocycles. The fourth-order valence-electron chi connectivity index (χ4n) is 1.72. The molecule has 0 aliphatic heterocycles. The number of rotatable bonds is 0. The van der Waals surface area contributed by atoms with Crippen LogP contribution in [-0.4, -0.2) is 11.1 Å². The number of hydrogen-bond acceptors (Lipinski definition) is 2. The number of aliphatic hydroxyl groups is 1. The first-order valence-electron chi connectivity index (χ1n) is 4.01. The molecular formula is C9H10Cl3NO. The topological polar surface area (TPSA) is 46.2 Å². The molecule has 1 aromatic rings. The average molecular weight is 255 g/mol. The molecule has 1 aromatic carbocycles. The Hall–Kier alpha value is 0.01000. The molecule has 0 radical (unpaired) electrons. The van der Waals surface area contributed by atoms with E-state index in [-0.39, 0.29) is 18.4 Å². The van der Waals surface area contributed by atoms with E-state index < -0.39 is 6.10 Å². The van der Waals surface area contributed by atoms with Crippen LogP contribution in [0.1, 0.15) is 17.2 Å². The molecule has 0 fully saturated rings. The second kappa shape index (κ2) is 4.25. The molecule has 0 heterocycles. The molecule has 14 heavy (non-hydrogen) atoms. The number of benzene rings is 1. The maximum absolute atomic E-state index is 9.67. The number of fused-ring (bicyclic) bond motifs is 1. The van der Waals surface area contributed by atoms with Gasteiger partial charge >= 0.3 is 0 Å². The van der Waals surface area contributed by atoms with Crippen molar-refractivity contribution in [2.24, 2.45) is 5.73 Å². The Balaban J connectivity index is 0.000000980. The first-order valence-corrected chi connectivity index (χ1v) is 4.76. The maximum Gasteiger partial charge on any atom is 0.0961 e. The van der Waals surface area contributed by atoms with Gasteiger partial charge in [0, 0.05) is 21.7 Å². The summed E-state index contributed by atoms with van der Waals surface area (Å²) in [5.41, 5.74) is 7.39. The Labute approximate surface area is 98.4 Å². The van der Waals surface area contributed by atoms with E-state index in [1.54, 1.807) is 12.1 Å². The second-order valence-electron chi connectivity index (χ2n) is 3.27. The van der Waals surface area contributed by atoms with Crippen LogP contribution in [0.5, 0.6) is 0 Å². The van der Waals surface area contributed by atoms with Crippen molar-refractivity contribution in [3.8, 4) is 0 Å². The van der Waals surface area contributed by atoms with Crippen molar-refractivity contribution in [1.29, 1.82) is 0 Å². The average Bonchev–Trinajstić information content (AvgIpc) is 2.27. The van der Waals surface area contributed by atoms with E-state index in [0.717, 1.165) is 11.1 Å². The third kappa shape index (κ3) is 1.86. The highest BCUT2D eigenvalue weighted by molar-refractivity contribution is 6.35. The molecular weight excluding hydrogens is 244 g/mol. The van der Waals surface area contributed by atoms with E-state index in [4.69, 9.17) is 28.9 Å². The highest BCUT2D eigenvalue weighted by Gasteiger charge is 2.30. The van der Waals surface area contributed by atoms with Crippen molar-refractivity contribution >= 4 is 35.6 Å². The summed E-state index contributed by atoms with van der Waals surface area (Å²) in [6, 6.07) is 3.17. The SMILES string of the molecule is Cl.NC1Cc2cc(Cl)cc(Cl)c2C1O. The van der Waals surface area contributed by atoms with E-state index in [1.165, 1.54) is 0 Å². The Morgan fingerprint density at radius 1 is 1.36 bits per heavy atom. The Bertz CT molecular complexity index is 356.